The van der Waals surface area contributed by atoms with Crippen molar-refractivity contribution in [3.63, 3.8) is 0 Å². The van der Waals surface area contributed by atoms with Crippen molar-refractivity contribution in [3.05, 3.63) is 48.2 Å². The van der Waals surface area contributed by atoms with Crippen LogP contribution in [0.5, 0.6) is 11.5 Å². The Labute approximate surface area is 171 Å². The van der Waals surface area contributed by atoms with Gasteiger partial charge in [-0.15, -0.1) is 0 Å². The predicted octanol–water partition coefficient (Wildman–Crippen LogP) is 3.67. The number of thiol groups is 1. The fourth-order valence-corrected chi connectivity index (χ4v) is 3.73. The van der Waals surface area contributed by atoms with Gasteiger partial charge < -0.3 is 14.3 Å². The largest absolute Gasteiger partial charge is 0.502 e. The van der Waals surface area contributed by atoms with Crippen molar-refractivity contribution in [3.8, 4) is 22.8 Å². The van der Waals surface area contributed by atoms with Gasteiger partial charge >= 0.3 is 5.97 Å². The predicted molar refractivity (Wildman–Crippen MR) is 109 cm³/mol. The van der Waals surface area contributed by atoms with E-state index in [0.717, 1.165) is 10.8 Å². The van der Waals surface area contributed by atoms with Gasteiger partial charge in [0.2, 0.25) is 22.4 Å². The Morgan fingerprint density at radius 1 is 1.25 bits per heavy atom. The number of ether oxygens (including phenoxy) is 1. The highest BCUT2D eigenvalue weighted by Gasteiger charge is 2.28. The topological polar surface area (TPSA) is 106 Å². The number of hydrogen-bond acceptors (Lipinski definition) is 6. The summed E-state index contributed by atoms with van der Waals surface area (Å²) in [6.07, 6.45) is 0.319. The molecule has 9 heteroatoms. The molecule has 1 aromatic heterocycles. The van der Waals surface area contributed by atoms with Gasteiger partial charge in [0.25, 0.3) is 0 Å². The van der Waals surface area contributed by atoms with Crippen LogP contribution in [0.25, 0.3) is 22.1 Å². The number of esters is 1. The number of carbonyl (C=O) groups is 1. The monoisotopic (exact) mass is 467 g/mol. The molecular formula is C19H18BrNO6S. The molecule has 0 aliphatic carbocycles. The maximum Gasteiger partial charge on any atom is 0.308 e. The molecule has 0 fully saturated rings. The molecule has 1 atom stereocenters. The molecule has 0 spiro atoms. The Balaban J connectivity index is 2.07. The molecule has 28 heavy (non-hydrogen) atoms. The number of rotatable bonds is 7. The van der Waals surface area contributed by atoms with Gasteiger partial charge in [0.05, 0.1) is 4.83 Å². The smallest absolute Gasteiger partial charge is 0.308 e. The van der Waals surface area contributed by atoms with E-state index in [2.05, 4.69) is 20.7 Å². The zero-order chi connectivity index (χ0) is 20.3. The van der Waals surface area contributed by atoms with E-state index in [-0.39, 0.29) is 29.6 Å². The minimum atomic E-state index is -2.71. The number of furan rings is 1. The van der Waals surface area contributed by atoms with Crippen LogP contribution >= 0.6 is 15.9 Å². The summed E-state index contributed by atoms with van der Waals surface area (Å²) in [5.74, 6) is -0.589. The fraction of sp³-hybridized carbons (Fsp3) is 0.211. The van der Waals surface area contributed by atoms with Crippen LogP contribution in [0.1, 0.15) is 23.9 Å². The molecule has 148 valence electrons. The van der Waals surface area contributed by atoms with Crippen molar-refractivity contribution in [2.24, 2.45) is 0 Å². The lowest BCUT2D eigenvalue weighted by Crippen LogP contribution is -2.14. The summed E-state index contributed by atoms with van der Waals surface area (Å²) < 4.78 is 34.7. The third-order valence-electron chi connectivity index (χ3n) is 4.07. The number of hydrogen-bond donors (Lipinski definition) is 3. The van der Waals surface area contributed by atoms with Crippen molar-refractivity contribution in [1.29, 1.82) is 0 Å². The van der Waals surface area contributed by atoms with Gasteiger partial charge in [-0.1, -0.05) is 58.4 Å². The summed E-state index contributed by atoms with van der Waals surface area (Å²) >= 11 is 3.41. The van der Waals surface area contributed by atoms with Crippen molar-refractivity contribution < 1.29 is 27.5 Å². The van der Waals surface area contributed by atoms with Crippen molar-refractivity contribution in [2.75, 3.05) is 6.54 Å². The third-order valence-corrected chi connectivity index (χ3v) is 5.42. The van der Waals surface area contributed by atoms with Crippen LogP contribution in [-0.4, -0.2) is 26.0 Å². The highest BCUT2D eigenvalue weighted by atomic mass is 79.9. The lowest BCUT2D eigenvalue weighted by Gasteiger charge is -2.08. The number of aromatic hydroxyl groups is 1. The third kappa shape index (κ3) is 4.37. The van der Waals surface area contributed by atoms with Gasteiger partial charge in [-0.3, -0.25) is 4.79 Å². The SMILES string of the molecule is CC(=O)Oc1c(C(Br)CCN[SH](=O)=O)oc(-c2cccc3ccccc23)c1O. The van der Waals surface area contributed by atoms with E-state index in [9.17, 15) is 18.3 Å². The number of fused-ring (bicyclic) bond motifs is 1. The molecular weight excluding hydrogens is 450 g/mol. The normalized spacial score (nSPS) is 12.4. The first kappa shape index (κ1) is 20.4. The minimum Gasteiger partial charge on any atom is -0.502 e. The molecule has 0 saturated carbocycles. The van der Waals surface area contributed by atoms with Crippen LogP contribution in [-0.2, 0) is 15.7 Å². The molecule has 0 amide bonds. The molecule has 1 heterocycles. The quantitative estimate of drug-likeness (QED) is 0.278. The Morgan fingerprint density at radius 2 is 1.96 bits per heavy atom. The van der Waals surface area contributed by atoms with Crippen LogP contribution in [0.3, 0.4) is 0 Å². The molecule has 7 nitrogen and oxygen atoms in total. The van der Waals surface area contributed by atoms with Crippen LogP contribution in [0.4, 0.5) is 0 Å². The summed E-state index contributed by atoms with van der Waals surface area (Å²) in [5, 5.41) is 12.6. The molecule has 3 aromatic rings. The number of benzene rings is 2. The average molecular weight is 468 g/mol. The molecule has 1 unspecified atom stereocenters. The van der Waals surface area contributed by atoms with E-state index in [0.29, 0.717) is 12.0 Å². The lowest BCUT2D eigenvalue weighted by molar-refractivity contribution is -0.132. The van der Waals surface area contributed by atoms with Gasteiger partial charge in [-0.05, 0) is 17.2 Å². The van der Waals surface area contributed by atoms with E-state index in [1.54, 1.807) is 6.07 Å². The highest BCUT2D eigenvalue weighted by molar-refractivity contribution is 9.09. The summed E-state index contributed by atoms with van der Waals surface area (Å²) in [4.78, 5) is 11.0. The number of nitrogens with one attached hydrogen (secondary N) is 1. The standard InChI is InChI=1S/C19H18BrNO6S/c1-11(22)26-19-16(23)17(27-18(19)15(20)9-10-21-28(24)25)14-8-4-6-12-5-2-3-7-13(12)14/h2-8,15,23,28H,9-10H2,1H3,(H,21,24,25). The maximum atomic E-state index is 11.5. The number of alkyl halides is 1. The van der Waals surface area contributed by atoms with E-state index < -0.39 is 21.7 Å². The van der Waals surface area contributed by atoms with Crippen molar-refractivity contribution >= 4 is 43.6 Å². The molecule has 0 radical (unpaired) electrons. The Morgan fingerprint density at radius 3 is 2.68 bits per heavy atom. The molecule has 0 bridgehead atoms. The second kappa shape index (κ2) is 8.76. The maximum absolute atomic E-state index is 11.5. The van der Waals surface area contributed by atoms with Gasteiger partial charge in [-0.2, -0.15) is 0 Å². The van der Waals surface area contributed by atoms with Crippen LogP contribution in [0, 0.1) is 0 Å². The van der Waals surface area contributed by atoms with Gasteiger partial charge in [0.1, 0.15) is 0 Å². The summed E-state index contributed by atoms with van der Waals surface area (Å²) in [6, 6.07) is 13.2. The van der Waals surface area contributed by atoms with Gasteiger partial charge in [0.15, 0.2) is 11.5 Å². The molecule has 3 rings (SSSR count). The first-order chi connectivity index (χ1) is 13.4. The van der Waals surface area contributed by atoms with Crippen LogP contribution in [0.2, 0.25) is 0 Å². The van der Waals surface area contributed by atoms with Gasteiger partial charge in [0, 0.05) is 19.0 Å². The Bertz CT molecular complexity index is 1080. The molecule has 2 aromatic carbocycles. The first-order valence-electron chi connectivity index (χ1n) is 8.42. The van der Waals surface area contributed by atoms with E-state index in [1.165, 1.54) is 6.92 Å². The zero-order valence-electron chi connectivity index (χ0n) is 14.8. The average Bonchev–Trinajstić information content (AvgIpc) is 2.97. The molecule has 0 saturated heterocycles. The van der Waals surface area contributed by atoms with E-state index in [4.69, 9.17) is 9.15 Å². The minimum absolute atomic E-state index is 0.0798. The summed E-state index contributed by atoms with van der Waals surface area (Å²) in [5.41, 5.74) is 0.649. The number of carbonyl (C=O) groups excluding carboxylic acids is 1. The highest BCUT2D eigenvalue weighted by Crippen LogP contribution is 2.49. The molecule has 0 aliphatic heterocycles. The van der Waals surface area contributed by atoms with Crippen LogP contribution < -0.4 is 9.46 Å². The van der Waals surface area contributed by atoms with E-state index >= 15 is 0 Å². The number of halogens is 1. The second-order valence-corrected chi connectivity index (χ2v) is 7.95. The van der Waals surface area contributed by atoms with E-state index in [1.807, 2.05) is 36.4 Å². The molecule has 0 aliphatic rings. The second-order valence-electron chi connectivity index (χ2n) is 6.01. The summed E-state index contributed by atoms with van der Waals surface area (Å²) in [7, 11) is -2.71. The first-order valence-corrected chi connectivity index (χ1v) is 10.5. The van der Waals surface area contributed by atoms with Crippen molar-refractivity contribution in [2.45, 2.75) is 18.2 Å². The van der Waals surface area contributed by atoms with Gasteiger partial charge in [-0.25, -0.2) is 13.1 Å². The fourth-order valence-electron chi connectivity index (χ4n) is 2.89. The Hall–Kier alpha value is -2.36. The Kier molecular flexibility index (Phi) is 6.38. The molecule has 2 N–H and O–H groups in total. The van der Waals surface area contributed by atoms with Crippen LogP contribution in [0.15, 0.2) is 46.9 Å². The van der Waals surface area contributed by atoms with Crippen molar-refractivity contribution in [1.82, 2.24) is 4.72 Å². The zero-order valence-corrected chi connectivity index (χ0v) is 17.3. The summed E-state index contributed by atoms with van der Waals surface area (Å²) in [6.45, 7) is 1.37. The lowest BCUT2D eigenvalue weighted by atomic mass is 10.0.